The van der Waals surface area contributed by atoms with Gasteiger partial charge in [-0.15, -0.1) is 11.3 Å². The Hall–Kier alpha value is -1.78. The van der Waals surface area contributed by atoms with Gasteiger partial charge in [-0.2, -0.15) is 0 Å². The maximum Gasteiger partial charge on any atom is 0.109 e. The monoisotopic (exact) mass is 269 g/mol. The van der Waals surface area contributed by atoms with Gasteiger partial charge >= 0.3 is 0 Å². The smallest absolute Gasteiger partial charge is 0.109 e. The zero-order chi connectivity index (χ0) is 13.1. The molecule has 0 radical (unpaired) electrons. The van der Waals surface area contributed by atoms with E-state index in [4.69, 9.17) is 0 Å². The maximum atomic E-state index is 4.47. The van der Waals surface area contributed by atoms with Crippen molar-refractivity contribution in [3.63, 3.8) is 0 Å². The molecule has 0 spiro atoms. The second-order valence-electron chi connectivity index (χ2n) is 4.47. The van der Waals surface area contributed by atoms with Gasteiger partial charge in [-0.25, -0.2) is 4.98 Å². The zero-order valence-electron chi connectivity index (χ0n) is 10.7. The van der Waals surface area contributed by atoms with Gasteiger partial charge in [0.05, 0.1) is 11.6 Å². The van der Waals surface area contributed by atoms with Crippen molar-refractivity contribution >= 4 is 22.2 Å². The summed E-state index contributed by atoms with van der Waals surface area (Å²) in [6, 6.07) is 10.6. The van der Waals surface area contributed by atoms with Crippen molar-refractivity contribution in [2.24, 2.45) is 0 Å². The lowest BCUT2D eigenvalue weighted by atomic mass is 10.1. The van der Waals surface area contributed by atoms with Crippen LogP contribution in [0, 0.1) is 0 Å². The van der Waals surface area contributed by atoms with Gasteiger partial charge in [-0.05, 0) is 18.6 Å². The van der Waals surface area contributed by atoms with Crippen molar-refractivity contribution < 1.29 is 0 Å². The molecule has 0 aliphatic rings. The summed E-state index contributed by atoms with van der Waals surface area (Å²) in [5.41, 5.74) is 2.30. The first-order chi connectivity index (χ1) is 9.34. The van der Waals surface area contributed by atoms with E-state index in [-0.39, 0.29) is 6.04 Å². The van der Waals surface area contributed by atoms with Crippen molar-refractivity contribution in [3.05, 3.63) is 58.7 Å². The van der Waals surface area contributed by atoms with E-state index >= 15 is 0 Å². The van der Waals surface area contributed by atoms with E-state index in [1.165, 1.54) is 10.9 Å². The lowest BCUT2D eigenvalue weighted by Crippen LogP contribution is -2.18. The van der Waals surface area contributed by atoms with Crippen molar-refractivity contribution in [3.8, 4) is 0 Å². The fraction of sp³-hybridized carbons (Fsp3) is 0.200. The van der Waals surface area contributed by atoms with Crippen LogP contribution in [0.2, 0.25) is 0 Å². The first kappa shape index (κ1) is 12.3. The average Bonchev–Trinajstić information content (AvgIpc) is 2.99. The largest absolute Gasteiger partial charge is 0.304 e. The van der Waals surface area contributed by atoms with Crippen molar-refractivity contribution in [1.82, 2.24) is 15.3 Å². The molecule has 1 unspecified atom stereocenters. The standard InChI is InChI=1S/C15H15N3S/c1-11(15-17-8-9-19-15)18-10-13-5-2-4-12-6-3-7-16-14(12)13/h2-9,11,18H,10H2,1H3. The average molecular weight is 269 g/mol. The Kier molecular flexibility index (Phi) is 3.53. The minimum atomic E-state index is 0.263. The molecule has 2 heterocycles. The Morgan fingerprint density at radius 2 is 2.05 bits per heavy atom. The minimum Gasteiger partial charge on any atom is -0.304 e. The summed E-state index contributed by atoms with van der Waals surface area (Å²) in [6.07, 6.45) is 3.69. The Labute approximate surface area is 116 Å². The predicted octanol–water partition coefficient (Wildman–Crippen LogP) is 3.54. The third kappa shape index (κ3) is 2.64. The van der Waals surface area contributed by atoms with Crippen LogP contribution in [0.25, 0.3) is 10.9 Å². The number of hydrogen-bond donors (Lipinski definition) is 1. The lowest BCUT2D eigenvalue weighted by molar-refractivity contribution is 0.573. The normalized spacial score (nSPS) is 12.7. The Morgan fingerprint density at radius 3 is 2.89 bits per heavy atom. The molecule has 0 fully saturated rings. The third-order valence-electron chi connectivity index (χ3n) is 3.14. The quantitative estimate of drug-likeness (QED) is 0.787. The minimum absolute atomic E-state index is 0.263. The highest BCUT2D eigenvalue weighted by Gasteiger charge is 2.08. The van der Waals surface area contributed by atoms with Crippen LogP contribution in [0.15, 0.2) is 48.1 Å². The highest BCUT2D eigenvalue weighted by atomic mass is 32.1. The van der Waals surface area contributed by atoms with Crippen molar-refractivity contribution in [2.75, 3.05) is 0 Å². The fourth-order valence-corrected chi connectivity index (χ4v) is 2.78. The number of nitrogens with one attached hydrogen (secondary N) is 1. The van der Waals surface area contributed by atoms with Crippen LogP contribution >= 0.6 is 11.3 Å². The Bertz CT molecular complexity index is 659. The molecule has 96 valence electrons. The first-order valence-corrected chi connectivity index (χ1v) is 7.18. The molecule has 0 saturated carbocycles. The van der Waals surface area contributed by atoms with Crippen LogP contribution in [-0.2, 0) is 6.54 Å². The molecule has 3 rings (SSSR count). The molecule has 0 saturated heterocycles. The molecule has 0 bridgehead atoms. The van der Waals surface area contributed by atoms with E-state index in [0.717, 1.165) is 17.1 Å². The number of hydrogen-bond acceptors (Lipinski definition) is 4. The molecule has 0 aliphatic carbocycles. The fourth-order valence-electron chi connectivity index (χ4n) is 2.11. The molecule has 1 atom stereocenters. The Balaban J connectivity index is 1.79. The van der Waals surface area contributed by atoms with E-state index in [1.54, 1.807) is 11.3 Å². The predicted molar refractivity (Wildman–Crippen MR) is 79.1 cm³/mol. The summed E-state index contributed by atoms with van der Waals surface area (Å²) in [6.45, 7) is 2.94. The molecule has 0 aliphatic heterocycles. The number of fused-ring (bicyclic) bond motifs is 1. The SMILES string of the molecule is CC(NCc1cccc2cccnc12)c1nccs1. The van der Waals surface area contributed by atoms with Gasteiger partial charge in [-0.1, -0.05) is 24.3 Å². The number of aromatic nitrogens is 2. The lowest BCUT2D eigenvalue weighted by Gasteiger charge is -2.12. The number of rotatable bonds is 4. The molecule has 3 aromatic rings. The van der Waals surface area contributed by atoms with Crippen LogP contribution in [0.5, 0.6) is 0 Å². The number of benzene rings is 1. The molecule has 0 amide bonds. The van der Waals surface area contributed by atoms with Crippen LogP contribution in [0.4, 0.5) is 0 Å². The number of thiazole rings is 1. The van der Waals surface area contributed by atoms with E-state index in [0.29, 0.717) is 0 Å². The van der Waals surface area contributed by atoms with Crippen LogP contribution in [0.1, 0.15) is 23.5 Å². The molecular formula is C15H15N3S. The second kappa shape index (κ2) is 5.47. The summed E-state index contributed by atoms with van der Waals surface area (Å²) >= 11 is 1.68. The zero-order valence-corrected chi connectivity index (χ0v) is 11.5. The van der Waals surface area contributed by atoms with Crippen molar-refractivity contribution in [2.45, 2.75) is 19.5 Å². The summed E-state index contributed by atoms with van der Waals surface area (Å²) < 4.78 is 0. The molecule has 19 heavy (non-hydrogen) atoms. The van der Waals surface area contributed by atoms with Crippen LogP contribution < -0.4 is 5.32 Å². The highest BCUT2D eigenvalue weighted by Crippen LogP contribution is 2.18. The summed E-state index contributed by atoms with van der Waals surface area (Å²) in [5, 5.41) is 7.81. The summed E-state index contributed by atoms with van der Waals surface area (Å²) in [4.78, 5) is 8.80. The van der Waals surface area contributed by atoms with Gasteiger partial charge in [0, 0.05) is 29.7 Å². The Morgan fingerprint density at radius 1 is 1.16 bits per heavy atom. The van der Waals surface area contributed by atoms with Gasteiger partial charge in [0.15, 0.2) is 0 Å². The van der Waals surface area contributed by atoms with Gasteiger partial charge in [0.25, 0.3) is 0 Å². The first-order valence-electron chi connectivity index (χ1n) is 6.30. The molecule has 3 nitrogen and oxygen atoms in total. The van der Waals surface area contributed by atoms with E-state index < -0.39 is 0 Å². The second-order valence-corrected chi connectivity index (χ2v) is 5.39. The van der Waals surface area contributed by atoms with E-state index in [2.05, 4.69) is 46.5 Å². The van der Waals surface area contributed by atoms with Crippen LogP contribution in [0.3, 0.4) is 0 Å². The maximum absolute atomic E-state index is 4.47. The number of pyridine rings is 1. The van der Waals surface area contributed by atoms with Gasteiger partial charge < -0.3 is 5.32 Å². The third-order valence-corrected chi connectivity index (χ3v) is 4.10. The van der Waals surface area contributed by atoms with E-state index in [1.807, 2.05) is 23.8 Å². The molecule has 4 heteroatoms. The summed E-state index contributed by atoms with van der Waals surface area (Å²) in [7, 11) is 0. The highest BCUT2D eigenvalue weighted by molar-refractivity contribution is 7.09. The van der Waals surface area contributed by atoms with Gasteiger partial charge in [-0.3, -0.25) is 4.98 Å². The number of nitrogens with zero attached hydrogens (tertiary/aromatic N) is 2. The molecule has 1 N–H and O–H groups in total. The topological polar surface area (TPSA) is 37.8 Å². The molecule has 2 aromatic heterocycles. The van der Waals surface area contributed by atoms with Crippen LogP contribution in [-0.4, -0.2) is 9.97 Å². The van der Waals surface area contributed by atoms with Crippen molar-refractivity contribution in [1.29, 1.82) is 0 Å². The van der Waals surface area contributed by atoms with Gasteiger partial charge in [0.1, 0.15) is 5.01 Å². The molecular weight excluding hydrogens is 254 g/mol. The number of para-hydroxylation sites is 1. The summed E-state index contributed by atoms with van der Waals surface area (Å²) in [5.74, 6) is 0. The molecule has 1 aromatic carbocycles. The van der Waals surface area contributed by atoms with E-state index in [9.17, 15) is 0 Å². The van der Waals surface area contributed by atoms with Gasteiger partial charge in [0.2, 0.25) is 0 Å².